The van der Waals surface area contributed by atoms with Gasteiger partial charge < -0.3 is 10.8 Å². The molecular formula is C10H10BrF2NO. The number of hydrogen-bond donors (Lipinski definition) is 2. The number of aliphatic hydroxyl groups excluding tert-OH is 1. The van der Waals surface area contributed by atoms with E-state index in [0.29, 0.717) is 4.47 Å². The Labute approximate surface area is 94.2 Å². The van der Waals surface area contributed by atoms with E-state index in [-0.39, 0.29) is 18.4 Å². The molecule has 2 rings (SSSR count). The quantitative estimate of drug-likeness (QED) is 0.825. The summed E-state index contributed by atoms with van der Waals surface area (Å²) in [6, 6.07) is 2.36. The molecule has 1 saturated carbocycles. The van der Waals surface area contributed by atoms with Crippen LogP contribution in [0.2, 0.25) is 0 Å². The molecule has 5 heteroatoms. The van der Waals surface area contributed by atoms with Crippen molar-refractivity contribution in [3.8, 4) is 0 Å². The Morgan fingerprint density at radius 1 is 1.33 bits per heavy atom. The molecule has 0 atom stereocenters. The van der Waals surface area contributed by atoms with Crippen molar-refractivity contribution >= 4 is 15.9 Å². The summed E-state index contributed by atoms with van der Waals surface area (Å²) in [5, 5.41) is 9.15. The molecule has 0 aliphatic heterocycles. The van der Waals surface area contributed by atoms with Crippen LogP contribution in [0.1, 0.15) is 18.4 Å². The van der Waals surface area contributed by atoms with Gasteiger partial charge in [0, 0.05) is 10.0 Å². The first-order valence-corrected chi connectivity index (χ1v) is 5.34. The molecule has 0 spiro atoms. The van der Waals surface area contributed by atoms with Gasteiger partial charge in [-0.15, -0.1) is 0 Å². The summed E-state index contributed by atoms with van der Waals surface area (Å²) in [7, 11) is 0. The van der Waals surface area contributed by atoms with Crippen molar-refractivity contribution in [3.63, 3.8) is 0 Å². The van der Waals surface area contributed by atoms with Crippen molar-refractivity contribution in [2.75, 3.05) is 0 Å². The molecule has 0 aromatic heterocycles. The number of benzene rings is 1. The second kappa shape index (κ2) is 3.50. The molecular weight excluding hydrogens is 268 g/mol. The third-order valence-corrected chi connectivity index (χ3v) is 3.16. The molecule has 2 nitrogen and oxygen atoms in total. The molecule has 15 heavy (non-hydrogen) atoms. The minimum atomic E-state index is -1.06. The van der Waals surface area contributed by atoms with E-state index < -0.39 is 23.3 Å². The number of hydrogen-bond acceptors (Lipinski definition) is 2. The zero-order valence-electron chi connectivity index (χ0n) is 7.80. The first kappa shape index (κ1) is 11.0. The van der Waals surface area contributed by atoms with Gasteiger partial charge in [0.05, 0.1) is 11.6 Å². The van der Waals surface area contributed by atoms with Crippen LogP contribution in [-0.4, -0.2) is 11.2 Å². The molecule has 1 aliphatic carbocycles. The average Bonchev–Trinajstić information content (AvgIpc) is 1.98. The summed E-state index contributed by atoms with van der Waals surface area (Å²) in [5.74, 6) is -1.34. The minimum Gasteiger partial charge on any atom is -0.393 e. The average molecular weight is 278 g/mol. The minimum absolute atomic E-state index is 0.129. The van der Waals surface area contributed by atoms with Crippen molar-refractivity contribution in [2.45, 2.75) is 24.5 Å². The highest BCUT2D eigenvalue weighted by Crippen LogP contribution is 2.41. The second-order valence-corrected chi connectivity index (χ2v) is 4.88. The lowest BCUT2D eigenvalue weighted by molar-refractivity contribution is 0.0175. The van der Waals surface area contributed by atoms with Crippen LogP contribution < -0.4 is 5.73 Å². The van der Waals surface area contributed by atoms with Gasteiger partial charge in [0.1, 0.15) is 11.6 Å². The Hall–Kier alpha value is -0.520. The maximum atomic E-state index is 13.5. The summed E-state index contributed by atoms with van der Waals surface area (Å²) < 4.78 is 27.4. The van der Waals surface area contributed by atoms with E-state index in [1.807, 2.05) is 0 Å². The fourth-order valence-corrected chi connectivity index (χ4v) is 2.41. The number of rotatable bonds is 1. The Bertz CT molecular complexity index is 381. The van der Waals surface area contributed by atoms with E-state index in [1.165, 1.54) is 12.1 Å². The Kier molecular flexibility index (Phi) is 2.56. The zero-order chi connectivity index (χ0) is 11.2. The summed E-state index contributed by atoms with van der Waals surface area (Å²) in [5.41, 5.74) is 4.62. The highest BCUT2D eigenvalue weighted by molar-refractivity contribution is 9.10. The van der Waals surface area contributed by atoms with Crippen molar-refractivity contribution in [1.29, 1.82) is 0 Å². The monoisotopic (exact) mass is 277 g/mol. The van der Waals surface area contributed by atoms with E-state index in [2.05, 4.69) is 15.9 Å². The fourth-order valence-electron chi connectivity index (χ4n) is 2.00. The van der Waals surface area contributed by atoms with Crippen LogP contribution in [0.3, 0.4) is 0 Å². The molecule has 82 valence electrons. The third-order valence-electron chi connectivity index (χ3n) is 2.70. The van der Waals surface area contributed by atoms with Crippen LogP contribution in [0.4, 0.5) is 8.78 Å². The predicted octanol–water partition coefficient (Wildman–Crippen LogP) is 2.04. The van der Waals surface area contributed by atoms with E-state index in [4.69, 9.17) is 10.8 Å². The SMILES string of the molecule is NC1(c2c(F)cc(Br)cc2F)CC(O)C1. The normalized spacial score (nSPS) is 30.1. The van der Waals surface area contributed by atoms with Crippen LogP contribution >= 0.6 is 15.9 Å². The lowest BCUT2D eigenvalue weighted by Crippen LogP contribution is -2.52. The number of aliphatic hydroxyl groups is 1. The lowest BCUT2D eigenvalue weighted by Gasteiger charge is -2.42. The van der Waals surface area contributed by atoms with Crippen molar-refractivity contribution in [2.24, 2.45) is 5.73 Å². The molecule has 0 unspecified atom stereocenters. The third kappa shape index (κ3) is 1.79. The molecule has 0 bridgehead atoms. The smallest absolute Gasteiger partial charge is 0.132 e. The molecule has 3 N–H and O–H groups in total. The van der Waals surface area contributed by atoms with E-state index >= 15 is 0 Å². The van der Waals surface area contributed by atoms with Gasteiger partial charge in [-0.1, -0.05) is 15.9 Å². The maximum absolute atomic E-state index is 13.5. The van der Waals surface area contributed by atoms with Crippen molar-refractivity contribution in [3.05, 3.63) is 33.8 Å². The summed E-state index contributed by atoms with van der Waals surface area (Å²) in [6.07, 6.45) is -0.164. The van der Waals surface area contributed by atoms with E-state index in [0.717, 1.165) is 0 Å². The van der Waals surface area contributed by atoms with Crippen LogP contribution in [0.15, 0.2) is 16.6 Å². The molecule has 1 aromatic carbocycles. The highest BCUT2D eigenvalue weighted by atomic mass is 79.9. The van der Waals surface area contributed by atoms with Crippen molar-refractivity contribution < 1.29 is 13.9 Å². The Morgan fingerprint density at radius 2 is 1.80 bits per heavy atom. The first-order valence-electron chi connectivity index (χ1n) is 4.54. The molecule has 0 radical (unpaired) electrons. The van der Waals surface area contributed by atoms with Crippen LogP contribution in [0.5, 0.6) is 0 Å². The summed E-state index contributed by atoms with van der Waals surface area (Å²) in [4.78, 5) is 0. The number of nitrogens with two attached hydrogens (primary N) is 1. The van der Waals surface area contributed by atoms with Gasteiger partial charge in [-0.3, -0.25) is 0 Å². The molecule has 1 aromatic rings. The predicted molar refractivity (Wildman–Crippen MR) is 55.2 cm³/mol. The zero-order valence-corrected chi connectivity index (χ0v) is 9.39. The van der Waals surface area contributed by atoms with Gasteiger partial charge in [0.2, 0.25) is 0 Å². The van der Waals surface area contributed by atoms with Crippen LogP contribution in [-0.2, 0) is 5.54 Å². The molecule has 1 fully saturated rings. The van der Waals surface area contributed by atoms with E-state index in [1.54, 1.807) is 0 Å². The first-order chi connectivity index (χ1) is 6.92. The van der Waals surface area contributed by atoms with Gasteiger partial charge in [0.25, 0.3) is 0 Å². The molecule has 0 heterocycles. The second-order valence-electron chi connectivity index (χ2n) is 3.96. The standard InChI is InChI=1S/C10H10BrF2NO/c11-5-1-7(12)9(8(13)2-5)10(14)3-6(15)4-10/h1-2,6,15H,3-4,14H2. The highest BCUT2D eigenvalue weighted by Gasteiger charge is 2.44. The van der Waals surface area contributed by atoms with Crippen molar-refractivity contribution in [1.82, 2.24) is 0 Å². The topological polar surface area (TPSA) is 46.2 Å². The van der Waals surface area contributed by atoms with Gasteiger partial charge >= 0.3 is 0 Å². The Morgan fingerprint density at radius 3 is 2.20 bits per heavy atom. The Balaban J connectivity index is 2.45. The molecule has 1 aliphatic rings. The van der Waals surface area contributed by atoms with E-state index in [9.17, 15) is 8.78 Å². The van der Waals surface area contributed by atoms with Gasteiger partial charge in [0.15, 0.2) is 0 Å². The molecule has 0 amide bonds. The largest absolute Gasteiger partial charge is 0.393 e. The fraction of sp³-hybridized carbons (Fsp3) is 0.400. The summed E-state index contributed by atoms with van der Waals surface area (Å²) >= 11 is 3.00. The summed E-state index contributed by atoms with van der Waals surface area (Å²) in [6.45, 7) is 0. The van der Waals surface area contributed by atoms with Gasteiger partial charge in [-0.05, 0) is 25.0 Å². The number of halogens is 3. The van der Waals surface area contributed by atoms with Crippen LogP contribution in [0, 0.1) is 11.6 Å². The lowest BCUT2D eigenvalue weighted by atomic mass is 9.70. The van der Waals surface area contributed by atoms with Gasteiger partial charge in [-0.2, -0.15) is 0 Å². The van der Waals surface area contributed by atoms with Crippen LogP contribution in [0.25, 0.3) is 0 Å². The molecule has 0 saturated heterocycles. The van der Waals surface area contributed by atoms with Gasteiger partial charge in [-0.25, -0.2) is 8.78 Å². The maximum Gasteiger partial charge on any atom is 0.132 e.